The first kappa shape index (κ1) is 24.0. The molecular formula is C15H31F3O2Si6. The van der Waals surface area contributed by atoms with E-state index in [1.54, 1.807) is 30.3 Å². The third-order valence-corrected chi connectivity index (χ3v) is 29.3. The Hall–Kier alpha value is -0.0287. The van der Waals surface area contributed by atoms with Crippen molar-refractivity contribution in [2.75, 3.05) is 0 Å². The molecule has 26 heavy (non-hydrogen) atoms. The third-order valence-electron chi connectivity index (χ3n) is 3.58. The van der Waals surface area contributed by atoms with E-state index < -0.39 is 59.4 Å². The minimum Gasteiger partial charge on any atom is -0.463 e. The highest BCUT2D eigenvalue weighted by atomic mass is 29.2. The molecule has 0 saturated heterocycles. The molecule has 1 aromatic rings. The highest BCUT2D eigenvalue weighted by Crippen LogP contribution is 2.35. The summed E-state index contributed by atoms with van der Waals surface area (Å²) in [6, 6.07) is 8.32. The number of benzene rings is 1. The van der Waals surface area contributed by atoms with Gasteiger partial charge in [0, 0.05) is 0 Å². The average Bonchev–Trinajstić information content (AvgIpc) is 2.44. The Labute approximate surface area is 166 Å². The molecule has 0 N–H and O–H groups in total. The maximum Gasteiger partial charge on any atom is 0.416 e. The van der Waals surface area contributed by atoms with Crippen LogP contribution in [0, 0.1) is 0 Å². The standard InChI is InChI=1S/C15H31F3O2Si6/c1-25(2,3)19-23-21-14(22-24-20-26(4,5)6)13(15(16,17)18)12-10-8-7-9-11-12/h7-11H,21-24H2,1-6H3. The molecule has 0 aliphatic heterocycles. The first-order valence-corrected chi connectivity index (χ1v) is 26.3. The lowest BCUT2D eigenvalue weighted by Crippen LogP contribution is -2.35. The van der Waals surface area contributed by atoms with Crippen LogP contribution in [0.3, 0.4) is 0 Å². The zero-order chi connectivity index (χ0) is 20.0. The van der Waals surface area contributed by atoms with Gasteiger partial charge in [-0.3, -0.25) is 0 Å². The summed E-state index contributed by atoms with van der Waals surface area (Å²) in [6.07, 6.45) is -4.29. The molecule has 1 rings (SSSR count). The minimum atomic E-state index is -4.29. The second-order valence-corrected chi connectivity index (χ2v) is 29.0. The van der Waals surface area contributed by atoms with E-state index >= 15 is 0 Å². The fourth-order valence-corrected chi connectivity index (χ4v) is 38.5. The number of hydrogen-bond donors (Lipinski definition) is 0. The zero-order valence-electron chi connectivity index (χ0n) is 16.7. The lowest BCUT2D eigenvalue weighted by atomic mass is 10.1. The second kappa shape index (κ2) is 9.95. The van der Waals surface area contributed by atoms with Gasteiger partial charge in [-0.25, -0.2) is 0 Å². The second-order valence-electron chi connectivity index (χ2n) is 8.26. The van der Waals surface area contributed by atoms with Crippen LogP contribution in [0.2, 0.25) is 39.3 Å². The predicted molar refractivity (Wildman–Crippen MR) is 122 cm³/mol. The molecule has 2 nitrogen and oxygen atoms in total. The van der Waals surface area contributed by atoms with Crippen LogP contribution in [0.4, 0.5) is 13.2 Å². The fourth-order valence-electron chi connectivity index (χ4n) is 2.51. The Morgan fingerprint density at radius 1 is 0.808 bits per heavy atom. The summed E-state index contributed by atoms with van der Waals surface area (Å²) in [5, 5.41) is 0. The molecule has 0 aliphatic carbocycles. The number of rotatable bonds is 9. The van der Waals surface area contributed by atoms with Crippen LogP contribution in [0.1, 0.15) is 5.56 Å². The van der Waals surface area contributed by atoms with E-state index in [-0.39, 0.29) is 5.57 Å². The Kier molecular flexibility index (Phi) is 9.19. The molecule has 11 heteroatoms. The molecule has 0 saturated carbocycles. The van der Waals surface area contributed by atoms with Crippen LogP contribution in [0.25, 0.3) is 5.57 Å². The molecule has 0 heterocycles. The van der Waals surface area contributed by atoms with E-state index in [9.17, 15) is 13.2 Å². The van der Waals surface area contributed by atoms with E-state index in [0.29, 0.717) is 5.56 Å². The van der Waals surface area contributed by atoms with Gasteiger partial charge in [-0.1, -0.05) is 35.2 Å². The van der Waals surface area contributed by atoms with Gasteiger partial charge in [-0.2, -0.15) is 13.2 Å². The molecule has 0 radical (unpaired) electrons. The quantitative estimate of drug-likeness (QED) is 0.516. The number of hydrogen-bond acceptors (Lipinski definition) is 2. The van der Waals surface area contributed by atoms with Crippen LogP contribution >= 0.6 is 0 Å². The Morgan fingerprint density at radius 2 is 1.23 bits per heavy atom. The van der Waals surface area contributed by atoms with Gasteiger partial charge in [0.25, 0.3) is 0 Å². The number of alkyl halides is 3. The Balaban J connectivity index is 3.15. The fraction of sp³-hybridized carbons (Fsp3) is 0.467. The van der Waals surface area contributed by atoms with E-state index in [2.05, 4.69) is 39.3 Å². The molecule has 0 amide bonds. The summed E-state index contributed by atoms with van der Waals surface area (Å²) >= 11 is 0. The lowest BCUT2D eigenvalue weighted by Gasteiger charge is -2.22. The molecule has 0 spiro atoms. The maximum atomic E-state index is 13.9. The first-order valence-electron chi connectivity index (χ1n) is 8.92. The Morgan fingerprint density at radius 3 is 1.58 bits per heavy atom. The highest BCUT2D eigenvalue weighted by molar-refractivity contribution is 7.17. The summed E-state index contributed by atoms with van der Waals surface area (Å²) in [4.78, 5) is 0.763. The van der Waals surface area contributed by atoms with E-state index in [1.807, 2.05) is 0 Å². The zero-order valence-corrected chi connectivity index (χ0v) is 24.3. The molecule has 1 aromatic carbocycles. The van der Waals surface area contributed by atoms with Crippen LogP contribution in [-0.4, -0.2) is 59.4 Å². The van der Waals surface area contributed by atoms with Crippen LogP contribution in [-0.2, 0) is 8.23 Å². The highest BCUT2D eigenvalue weighted by Gasteiger charge is 2.37. The predicted octanol–water partition coefficient (Wildman–Crippen LogP) is 1.96. The van der Waals surface area contributed by atoms with Gasteiger partial charge in [-0.15, -0.1) is 0 Å². The van der Waals surface area contributed by atoms with Crippen molar-refractivity contribution in [3.8, 4) is 0 Å². The normalized spacial score (nSPS) is 14.8. The Bertz CT molecular complexity index is 572. The van der Waals surface area contributed by atoms with Crippen molar-refractivity contribution in [1.29, 1.82) is 0 Å². The van der Waals surface area contributed by atoms with Gasteiger partial charge in [0.05, 0.1) is 23.6 Å². The monoisotopic (exact) mass is 468 g/mol. The third kappa shape index (κ3) is 9.78. The summed E-state index contributed by atoms with van der Waals surface area (Å²) in [7, 11) is -6.90. The number of allylic oxidation sites excluding steroid dienone is 1. The first-order chi connectivity index (χ1) is 11.8. The van der Waals surface area contributed by atoms with Gasteiger partial charge in [0.15, 0.2) is 16.6 Å². The molecule has 0 aromatic heterocycles. The minimum absolute atomic E-state index is 0.319. The smallest absolute Gasteiger partial charge is 0.416 e. The van der Waals surface area contributed by atoms with E-state index in [1.165, 1.54) is 0 Å². The van der Waals surface area contributed by atoms with Crippen molar-refractivity contribution in [3.05, 3.63) is 40.7 Å². The van der Waals surface area contributed by atoms with Crippen LogP contribution < -0.4 is 0 Å². The van der Waals surface area contributed by atoms with E-state index in [0.717, 1.165) is 4.82 Å². The summed E-state index contributed by atoms with van der Waals surface area (Å²) in [5.74, 6) is 0. The van der Waals surface area contributed by atoms with Crippen LogP contribution in [0.15, 0.2) is 35.2 Å². The van der Waals surface area contributed by atoms with Gasteiger partial charge in [0.1, 0.15) is 18.6 Å². The average molecular weight is 469 g/mol. The van der Waals surface area contributed by atoms with Gasteiger partial charge in [0.2, 0.25) is 0 Å². The van der Waals surface area contributed by atoms with Gasteiger partial charge in [-0.05, 0) is 44.8 Å². The maximum absolute atomic E-state index is 13.9. The largest absolute Gasteiger partial charge is 0.463 e. The summed E-state index contributed by atoms with van der Waals surface area (Å²) in [5.41, 5.74) is -0.0335. The van der Waals surface area contributed by atoms with Crippen molar-refractivity contribution in [2.45, 2.75) is 45.5 Å². The van der Waals surface area contributed by atoms with Crippen molar-refractivity contribution in [3.63, 3.8) is 0 Å². The lowest BCUT2D eigenvalue weighted by molar-refractivity contribution is -0.0689. The van der Waals surface area contributed by atoms with Crippen LogP contribution in [0.5, 0.6) is 0 Å². The summed E-state index contributed by atoms with van der Waals surface area (Å²) in [6.45, 7) is 12.7. The van der Waals surface area contributed by atoms with E-state index in [4.69, 9.17) is 8.23 Å². The molecule has 0 bridgehead atoms. The SMILES string of the molecule is C[Si](C)(C)O[SiH2][SiH2]C([SiH2][SiH2]O[Si](C)(C)C)=C(c1ccccc1)C(F)(F)F. The molecule has 0 atom stereocenters. The summed E-state index contributed by atoms with van der Waals surface area (Å²) < 4.78 is 53.9. The number of halogens is 3. The van der Waals surface area contributed by atoms with Gasteiger partial charge >= 0.3 is 6.18 Å². The molecule has 148 valence electrons. The molecule has 0 unspecified atom stereocenters. The topological polar surface area (TPSA) is 18.5 Å². The van der Waals surface area contributed by atoms with Crippen molar-refractivity contribution in [2.24, 2.45) is 0 Å². The van der Waals surface area contributed by atoms with Crippen molar-refractivity contribution >= 4 is 58.8 Å². The molecule has 0 fully saturated rings. The van der Waals surface area contributed by atoms with Crippen molar-refractivity contribution in [1.82, 2.24) is 0 Å². The van der Waals surface area contributed by atoms with Crippen molar-refractivity contribution < 1.29 is 21.4 Å². The molecular weight excluding hydrogens is 438 g/mol. The molecule has 0 aliphatic rings. The van der Waals surface area contributed by atoms with Gasteiger partial charge < -0.3 is 8.23 Å².